The summed E-state index contributed by atoms with van der Waals surface area (Å²) in [5, 5.41) is 17.9. The van der Waals surface area contributed by atoms with E-state index in [9.17, 15) is 9.90 Å². The van der Waals surface area contributed by atoms with E-state index in [0.29, 0.717) is 5.75 Å². The van der Waals surface area contributed by atoms with E-state index >= 15 is 0 Å². The maximum atomic E-state index is 10.4. The molecule has 1 atom stereocenters. The number of thioether (sulfide) groups is 2. The molecular formula is C9H18O4S2. The van der Waals surface area contributed by atoms with Crippen molar-refractivity contribution in [1.82, 2.24) is 0 Å². The van der Waals surface area contributed by atoms with Crippen LogP contribution in [0.5, 0.6) is 0 Å². The number of carbonyl (C=O) groups excluding carboxylic acids is 1. The van der Waals surface area contributed by atoms with E-state index in [1.807, 2.05) is 0 Å². The van der Waals surface area contributed by atoms with Crippen LogP contribution in [0.25, 0.3) is 0 Å². The molecule has 0 aliphatic rings. The molecule has 6 heteroatoms. The number of esters is 1. The molecule has 90 valence electrons. The Balaban J connectivity index is 3.16. The molecule has 0 saturated carbocycles. The van der Waals surface area contributed by atoms with Crippen LogP contribution in [0, 0.1) is 0 Å². The van der Waals surface area contributed by atoms with Crippen LogP contribution in [-0.2, 0) is 9.53 Å². The Morgan fingerprint density at radius 3 is 2.60 bits per heavy atom. The number of hydrogen-bond donors (Lipinski definition) is 2. The Hall–Kier alpha value is 0.0900. The second kappa shape index (κ2) is 10.6. The minimum absolute atomic E-state index is 0.0755. The third-order valence-corrected chi connectivity index (χ3v) is 3.73. The largest absolute Gasteiger partial charge is 0.463 e. The summed E-state index contributed by atoms with van der Waals surface area (Å²) in [5.41, 5.74) is 0. The van der Waals surface area contributed by atoms with Crippen molar-refractivity contribution in [3.8, 4) is 0 Å². The number of carbonyl (C=O) groups is 1. The average Bonchev–Trinajstić information content (AvgIpc) is 2.20. The molecule has 0 saturated heterocycles. The van der Waals surface area contributed by atoms with Gasteiger partial charge in [0.15, 0.2) is 0 Å². The molecule has 0 aromatic carbocycles. The summed E-state index contributed by atoms with van der Waals surface area (Å²) >= 11 is 3.31. The molecule has 0 aromatic heterocycles. The van der Waals surface area contributed by atoms with Gasteiger partial charge in [0, 0.05) is 29.9 Å². The van der Waals surface area contributed by atoms with Gasteiger partial charge in [0.1, 0.15) is 6.61 Å². The summed E-state index contributed by atoms with van der Waals surface area (Å²) in [6.07, 6.45) is -0.582. The van der Waals surface area contributed by atoms with Crippen LogP contribution in [0.3, 0.4) is 0 Å². The monoisotopic (exact) mass is 254 g/mol. The average molecular weight is 254 g/mol. The third-order valence-electron chi connectivity index (χ3n) is 1.40. The van der Waals surface area contributed by atoms with Gasteiger partial charge in [-0.25, -0.2) is 0 Å². The lowest BCUT2D eigenvalue weighted by molar-refractivity contribution is -0.143. The number of rotatable bonds is 9. The molecule has 1 unspecified atom stereocenters. The Morgan fingerprint density at radius 2 is 2.00 bits per heavy atom. The topological polar surface area (TPSA) is 66.8 Å². The molecule has 0 amide bonds. The molecule has 4 nitrogen and oxygen atoms in total. The number of ether oxygens (including phenoxy) is 1. The second-order valence-corrected chi connectivity index (χ2v) is 5.24. The van der Waals surface area contributed by atoms with Crippen LogP contribution in [0.1, 0.15) is 6.92 Å². The molecular weight excluding hydrogens is 236 g/mol. The van der Waals surface area contributed by atoms with Crippen molar-refractivity contribution in [2.24, 2.45) is 0 Å². The summed E-state index contributed by atoms with van der Waals surface area (Å²) in [6.45, 7) is 1.61. The smallest absolute Gasteiger partial charge is 0.302 e. The SMILES string of the molecule is CC(=O)OCC(O)CSCCSCCO. The Labute approximate surface area is 98.8 Å². The first kappa shape index (κ1) is 15.1. The standard InChI is InChI=1S/C9H18O4S2/c1-8(11)13-6-9(12)7-15-5-4-14-3-2-10/h9-10,12H,2-7H2,1H3. The maximum Gasteiger partial charge on any atom is 0.302 e. The highest BCUT2D eigenvalue weighted by molar-refractivity contribution is 8.02. The van der Waals surface area contributed by atoms with Crippen molar-refractivity contribution < 1.29 is 19.7 Å². The second-order valence-electron chi connectivity index (χ2n) is 2.87. The van der Waals surface area contributed by atoms with Crippen LogP contribution in [0.2, 0.25) is 0 Å². The summed E-state index contributed by atoms with van der Waals surface area (Å²) in [4.78, 5) is 10.4. The molecule has 0 aliphatic carbocycles. The Bertz CT molecular complexity index is 166. The van der Waals surface area contributed by atoms with Crippen molar-refractivity contribution in [2.45, 2.75) is 13.0 Å². The highest BCUT2D eigenvalue weighted by Crippen LogP contribution is 2.08. The van der Waals surface area contributed by atoms with Gasteiger partial charge in [-0.05, 0) is 0 Å². The van der Waals surface area contributed by atoms with Gasteiger partial charge in [-0.1, -0.05) is 0 Å². The summed E-state index contributed by atoms with van der Waals surface area (Å²) in [5.74, 6) is 2.87. The maximum absolute atomic E-state index is 10.4. The lowest BCUT2D eigenvalue weighted by atomic mass is 10.4. The fourth-order valence-electron chi connectivity index (χ4n) is 0.765. The normalized spacial score (nSPS) is 12.5. The molecule has 0 rings (SSSR count). The highest BCUT2D eigenvalue weighted by Gasteiger charge is 2.05. The molecule has 0 heterocycles. The van der Waals surface area contributed by atoms with Gasteiger partial charge < -0.3 is 14.9 Å². The molecule has 0 bridgehead atoms. The van der Waals surface area contributed by atoms with Crippen LogP contribution in [0.4, 0.5) is 0 Å². The first-order chi connectivity index (χ1) is 7.16. The molecule has 15 heavy (non-hydrogen) atoms. The van der Waals surface area contributed by atoms with Crippen LogP contribution < -0.4 is 0 Å². The zero-order valence-corrected chi connectivity index (χ0v) is 10.5. The van der Waals surface area contributed by atoms with Crippen LogP contribution >= 0.6 is 23.5 Å². The molecule has 0 fully saturated rings. The van der Waals surface area contributed by atoms with Crippen molar-refractivity contribution in [3.05, 3.63) is 0 Å². The fourth-order valence-corrected chi connectivity index (χ4v) is 2.58. The van der Waals surface area contributed by atoms with Crippen molar-refractivity contribution in [1.29, 1.82) is 0 Å². The van der Waals surface area contributed by atoms with Crippen molar-refractivity contribution >= 4 is 29.5 Å². The van der Waals surface area contributed by atoms with Gasteiger partial charge >= 0.3 is 5.97 Å². The number of hydrogen-bond acceptors (Lipinski definition) is 6. The Kier molecular flexibility index (Phi) is 10.7. The molecule has 0 aliphatic heterocycles. The van der Waals surface area contributed by atoms with E-state index in [2.05, 4.69) is 4.74 Å². The molecule has 0 radical (unpaired) electrons. The van der Waals surface area contributed by atoms with E-state index in [4.69, 9.17) is 5.11 Å². The first-order valence-electron chi connectivity index (χ1n) is 4.74. The lowest BCUT2D eigenvalue weighted by Crippen LogP contribution is -2.20. The van der Waals surface area contributed by atoms with Gasteiger partial charge in [-0.3, -0.25) is 4.79 Å². The van der Waals surface area contributed by atoms with E-state index in [1.54, 1.807) is 23.5 Å². The van der Waals surface area contributed by atoms with Crippen LogP contribution in [-0.4, -0.2) is 58.5 Å². The Morgan fingerprint density at radius 1 is 1.33 bits per heavy atom. The van der Waals surface area contributed by atoms with Gasteiger partial charge in [0.2, 0.25) is 0 Å². The quantitative estimate of drug-likeness (QED) is 0.458. The summed E-state index contributed by atoms with van der Waals surface area (Å²) in [7, 11) is 0. The van der Waals surface area contributed by atoms with E-state index in [-0.39, 0.29) is 19.2 Å². The predicted molar refractivity (Wildman–Crippen MR) is 64.4 cm³/mol. The number of aliphatic hydroxyl groups excluding tert-OH is 2. The zero-order valence-electron chi connectivity index (χ0n) is 8.85. The predicted octanol–water partition coefficient (Wildman–Crippen LogP) is 0.369. The van der Waals surface area contributed by atoms with Crippen molar-refractivity contribution in [3.63, 3.8) is 0 Å². The number of aliphatic hydroxyl groups is 2. The lowest BCUT2D eigenvalue weighted by Gasteiger charge is -2.09. The first-order valence-corrected chi connectivity index (χ1v) is 7.05. The minimum Gasteiger partial charge on any atom is -0.463 e. The summed E-state index contributed by atoms with van der Waals surface area (Å²) in [6, 6.07) is 0. The third kappa shape index (κ3) is 12.0. The minimum atomic E-state index is -0.582. The van der Waals surface area contributed by atoms with Gasteiger partial charge in [-0.2, -0.15) is 23.5 Å². The highest BCUT2D eigenvalue weighted by atomic mass is 32.2. The zero-order chi connectivity index (χ0) is 11.5. The molecule has 2 N–H and O–H groups in total. The van der Waals surface area contributed by atoms with Crippen LogP contribution in [0.15, 0.2) is 0 Å². The molecule has 0 spiro atoms. The van der Waals surface area contributed by atoms with E-state index < -0.39 is 6.10 Å². The van der Waals surface area contributed by atoms with E-state index in [0.717, 1.165) is 17.3 Å². The van der Waals surface area contributed by atoms with Gasteiger partial charge in [-0.15, -0.1) is 0 Å². The van der Waals surface area contributed by atoms with Crippen molar-refractivity contribution in [2.75, 3.05) is 36.2 Å². The molecule has 0 aromatic rings. The fraction of sp³-hybridized carbons (Fsp3) is 0.889. The summed E-state index contributed by atoms with van der Waals surface area (Å²) < 4.78 is 4.66. The van der Waals surface area contributed by atoms with Gasteiger partial charge in [0.25, 0.3) is 0 Å². The van der Waals surface area contributed by atoms with Gasteiger partial charge in [0.05, 0.1) is 12.7 Å². The van der Waals surface area contributed by atoms with E-state index in [1.165, 1.54) is 6.92 Å².